The zero-order valence-electron chi connectivity index (χ0n) is 17.5. The van der Waals surface area contributed by atoms with Crippen LogP contribution in [0.3, 0.4) is 0 Å². The molecule has 0 atom stereocenters. The van der Waals surface area contributed by atoms with Gasteiger partial charge in [0.1, 0.15) is 11.5 Å². The van der Waals surface area contributed by atoms with Crippen molar-refractivity contribution >= 4 is 29.1 Å². The van der Waals surface area contributed by atoms with Crippen molar-refractivity contribution < 1.29 is 4.74 Å². The first kappa shape index (κ1) is 21.1. The molecule has 3 aromatic carbocycles. The van der Waals surface area contributed by atoms with E-state index >= 15 is 0 Å². The summed E-state index contributed by atoms with van der Waals surface area (Å²) in [6, 6.07) is 28.1. The SMILES string of the molecule is S=C(Nc1ccc(Oc2ccccc2)cc1)N1CCN(C/C=C\c2ccccc2)CC1. The molecule has 0 spiro atoms. The summed E-state index contributed by atoms with van der Waals surface area (Å²) in [4.78, 5) is 4.69. The first-order chi connectivity index (χ1) is 15.3. The molecule has 1 saturated heterocycles. The maximum Gasteiger partial charge on any atom is 0.173 e. The minimum absolute atomic E-state index is 0.774. The van der Waals surface area contributed by atoms with Gasteiger partial charge in [-0.3, -0.25) is 4.90 Å². The van der Waals surface area contributed by atoms with E-state index in [1.165, 1.54) is 5.56 Å². The zero-order valence-corrected chi connectivity index (χ0v) is 18.3. The number of benzene rings is 3. The third-order valence-electron chi connectivity index (χ3n) is 5.22. The van der Waals surface area contributed by atoms with Crippen molar-refractivity contribution in [3.05, 3.63) is 96.6 Å². The molecule has 0 radical (unpaired) electrons. The third-order valence-corrected chi connectivity index (χ3v) is 5.58. The highest BCUT2D eigenvalue weighted by atomic mass is 32.1. The molecule has 158 valence electrons. The molecule has 0 saturated carbocycles. The van der Waals surface area contributed by atoms with Gasteiger partial charge in [-0.25, -0.2) is 0 Å². The molecule has 1 fully saturated rings. The summed E-state index contributed by atoms with van der Waals surface area (Å²) in [5.74, 6) is 1.63. The highest BCUT2D eigenvalue weighted by Gasteiger charge is 2.18. The number of hydrogen-bond acceptors (Lipinski definition) is 3. The van der Waals surface area contributed by atoms with Crippen LogP contribution in [0.2, 0.25) is 0 Å². The molecule has 0 aliphatic carbocycles. The van der Waals surface area contributed by atoms with Crippen LogP contribution < -0.4 is 10.1 Å². The van der Waals surface area contributed by atoms with Crippen LogP contribution in [0, 0.1) is 0 Å². The van der Waals surface area contributed by atoms with Gasteiger partial charge in [0.05, 0.1) is 0 Å². The van der Waals surface area contributed by atoms with Crippen molar-refractivity contribution in [3.63, 3.8) is 0 Å². The summed E-state index contributed by atoms with van der Waals surface area (Å²) >= 11 is 5.63. The molecule has 1 heterocycles. The van der Waals surface area contributed by atoms with Crippen LogP contribution in [-0.4, -0.2) is 47.6 Å². The van der Waals surface area contributed by atoms with Gasteiger partial charge in [-0.05, 0) is 54.2 Å². The number of thiocarbonyl (C=S) groups is 1. The molecule has 0 aromatic heterocycles. The number of anilines is 1. The molecule has 4 rings (SSSR count). The maximum absolute atomic E-state index is 5.84. The van der Waals surface area contributed by atoms with Crippen LogP contribution >= 0.6 is 12.2 Å². The van der Waals surface area contributed by atoms with Crippen molar-refractivity contribution in [2.75, 3.05) is 38.0 Å². The van der Waals surface area contributed by atoms with E-state index in [1.54, 1.807) is 0 Å². The Kier molecular flexibility index (Phi) is 7.32. The lowest BCUT2D eigenvalue weighted by Crippen LogP contribution is -2.49. The molecule has 1 N–H and O–H groups in total. The number of nitrogens with one attached hydrogen (secondary N) is 1. The Balaban J connectivity index is 1.21. The number of para-hydroxylation sites is 1. The fraction of sp³-hybridized carbons (Fsp3) is 0.192. The van der Waals surface area contributed by atoms with Crippen molar-refractivity contribution in [1.82, 2.24) is 9.80 Å². The maximum atomic E-state index is 5.84. The van der Waals surface area contributed by atoms with E-state index < -0.39 is 0 Å². The predicted molar refractivity (Wildman–Crippen MR) is 133 cm³/mol. The highest BCUT2D eigenvalue weighted by molar-refractivity contribution is 7.80. The summed E-state index contributed by atoms with van der Waals surface area (Å²) < 4.78 is 5.84. The number of piperazine rings is 1. The zero-order chi connectivity index (χ0) is 21.3. The number of ether oxygens (including phenoxy) is 1. The summed E-state index contributed by atoms with van der Waals surface area (Å²) in [5.41, 5.74) is 2.21. The average Bonchev–Trinajstić information content (AvgIpc) is 2.82. The fourth-order valence-electron chi connectivity index (χ4n) is 3.47. The Hall–Kier alpha value is -3.15. The van der Waals surface area contributed by atoms with Crippen LogP contribution in [0.25, 0.3) is 6.08 Å². The Bertz CT molecular complexity index is 982. The topological polar surface area (TPSA) is 27.7 Å². The lowest BCUT2D eigenvalue weighted by Gasteiger charge is -2.35. The summed E-state index contributed by atoms with van der Waals surface area (Å²) in [6.07, 6.45) is 4.42. The number of hydrogen-bond donors (Lipinski definition) is 1. The van der Waals surface area contributed by atoms with Gasteiger partial charge in [0.15, 0.2) is 5.11 Å². The second-order valence-corrected chi connectivity index (χ2v) is 7.86. The van der Waals surface area contributed by atoms with E-state index in [1.807, 2.05) is 60.7 Å². The molecule has 0 bridgehead atoms. The van der Waals surface area contributed by atoms with E-state index in [0.717, 1.165) is 55.0 Å². The van der Waals surface area contributed by atoms with Gasteiger partial charge in [0.2, 0.25) is 0 Å². The Morgan fingerprint density at radius 1 is 0.806 bits per heavy atom. The fourth-order valence-corrected chi connectivity index (χ4v) is 3.77. The van der Waals surface area contributed by atoms with Gasteiger partial charge < -0.3 is 15.0 Å². The lowest BCUT2D eigenvalue weighted by molar-refractivity contribution is 0.200. The average molecular weight is 430 g/mol. The summed E-state index contributed by atoms with van der Waals surface area (Å²) in [5, 5.41) is 4.13. The molecule has 5 heteroatoms. The smallest absolute Gasteiger partial charge is 0.173 e. The molecular formula is C26H27N3OS. The lowest BCUT2D eigenvalue weighted by atomic mass is 10.2. The van der Waals surface area contributed by atoms with E-state index in [4.69, 9.17) is 17.0 Å². The van der Waals surface area contributed by atoms with Gasteiger partial charge in [-0.2, -0.15) is 0 Å². The quantitative estimate of drug-likeness (QED) is 0.522. The minimum atomic E-state index is 0.774. The monoisotopic (exact) mass is 429 g/mol. The molecule has 31 heavy (non-hydrogen) atoms. The van der Waals surface area contributed by atoms with E-state index in [-0.39, 0.29) is 0 Å². The Labute approximate surface area is 189 Å². The second kappa shape index (κ2) is 10.8. The van der Waals surface area contributed by atoms with Crippen molar-refractivity contribution in [2.45, 2.75) is 0 Å². The normalized spacial score (nSPS) is 14.5. The van der Waals surface area contributed by atoms with Gasteiger partial charge >= 0.3 is 0 Å². The molecule has 3 aromatic rings. The van der Waals surface area contributed by atoms with Gasteiger partial charge in [-0.1, -0.05) is 60.7 Å². The van der Waals surface area contributed by atoms with Crippen molar-refractivity contribution in [2.24, 2.45) is 0 Å². The molecule has 0 amide bonds. The molecular weight excluding hydrogens is 402 g/mol. The number of rotatable bonds is 6. The molecule has 1 aliphatic heterocycles. The summed E-state index contributed by atoms with van der Waals surface area (Å²) in [6.45, 7) is 4.84. The van der Waals surface area contributed by atoms with Crippen molar-refractivity contribution in [3.8, 4) is 11.5 Å². The largest absolute Gasteiger partial charge is 0.457 e. The molecule has 4 nitrogen and oxygen atoms in total. The minimum Gasteiger partial charge on any atom is -0.457 e. The standard InChI is InChI=1S/C26H27N3OS/c31-26(27-23-13-15-25(16-14-23)30-24-11-5-2-6-12-24)29-20-18-28(19-21-29)17-7-10-22-8-3-1-4-9-22/h1-16H,17-21H2,(H,27,31)/b10-7-. The van der Waals surface area contributed by atoms with Crippen LogP contribution in [-0.2, 0) is 0 Å². The first-order valence-corrected chi connectivity index (χ1v) is 11.0. The predicted octanol–water partition coefficient (Wildman–Crippen LogP) is 5.51. The van der Waals surface area contributed by atoms with Crippen LogP contribution in [0.4, 0.5) is 5.69 Å². The second-order valence-electron chi connectivity index (χ2n) is 7.47. The van der Waals surface area contributed by atoms with Gasteiger partial charge in [0.25, 0.3) is 0 Å². The van der Waals surface area contributed by atoms with Gasteiger partial charge in [-0.15, -0.1) is 0 Å². The van der Waals surface area contributed by atoms with E-state index in [9.17, 15) is 0 Å². The molecule has 1 aliphatic rings. The molecule has 0 unspecified atom stereocenters. The van der Waals surface area contributed by atoms with Crippen molar-refractivity contribution in [1.29, 1.82) is 0 Å². The Morgan fingerprint density at radius 3 is 2.10 bits per heavy atom. The van der Waals surface area contributed by atoms with Crippen LogP contribution in [0.1, 0.15) is 5.56 Å². The van der Waals surface area contributed by atoms with E-state index in [0.29, 0.717) is 0 Å². The third kappa shape index (κ3) is 6.41. The van der Waals surface area contributed by atoms with E-state index in [2.05, 4.69) is 51.5 Å². The van der Waals surface area contributed by atoms with Gasteiger partial charge in [0, 0.05) is 38.4 Å². The highest BCUT2D eigenvalue weighted by Crippen LogP contribution is 2.22. The number of nitrogens with zero attached hydrogens (tertiary/aromatic N) is 2. The van der Waals surface area contributed by atoms with Crippen LogP contribution in [0.5, 0.6) is 11.5 Å². The first-order valence-electron chi connectivity index (χ1n) is 10.6. The Morgan fingerprint density at radius 2 is 1.42 bits per heavy atom. The summed E-state index contributed by atoms with van der Waals surface area (Å²) in [7, 11) is 0. The van der Waals surface area contributed by atoms with Crippen LogP contribution in [0.15, 0.2) is 91.0 Å².